The number of hydrogen-bond donors (Lipinski definition) is 0. The Balaban J connectivity index is 1.03. The molecule has 0 atom stereocenters. The van der Waals surface area contributed by atoms with Gasteiger partial charge in [-0.05, 0) is 108 Å². The van der Waals surface area contributed by atoms with E-state index >= 15 is 0 Å². The summed E-state index contributed by atoms with van der Waals surface area (Å²) in [5, 5.41) is 4.91. The zero-order valence-electron chi connectivity index (χ0n) is 33.0. The highest BCUT2D eigenvalue weighted by Crippen LogP contribution is 2.51. The van der Waals surface area contributed by atoms with Gasteiger partial charge in [0.05, 0.1) is 11.4 Å². The lowest BCUT2D eigenvalue weighted by Gasteiger charge is -2.22. The van der Waals surface area contributed by atoms with Crippen LogP contribution >= 0.6 is 0 Å². The molecule has 0 aliphatic heterocycles. The van der Waals surface area contributed by atoms with Crippen LogP contribution in [-0.4, -0.2) is 9.97 Å². The second kappa shape index (κ2) is 13.9. The number of rotatable bonds is 6. The average Bonchev–Trinajstić information content (AvgIpc) is 3.52. The van der Waals surface area contributed by atoms with E-state index in [1.54, 1.807) is 0 Å². The third-order valence-electron chi connectivity index (χ3n) is 12.3. The van der Waals surface area contributed by atoms with E-state index in [-0.39, 0.29) is 5.41 Å². The normalized spacial score (nSPS) is 12.7. The Hall–Kier alpha value is -7.42. The fourth-order valence-corrected chi connectivity index (χ4v) is 9.27. The first-order chi connectivity index (χ1) is 29.0. The molecular formula is C57H40N2. The lowest BCUT2D eigenvalue weighted by molar-refractivity contribution is 0.661. The summed E-state index contributed by atoms with van der Waals surface area (Å²) < 4.78 is 0. The minimum absolute atomic E-state index is 0.0622. The SMILES string of the molecule is CC1(C)c2ccc(-c3cccc(-c4ccc(-c5cc(-c6ccccc6-c6ccccc6)nc(-c6ccccc6)n5)c5ccccc45)c3)cc2-c2cc3ccccc3cc21. The zero-order valence-corrected chi connectivity index (χ0v) is 33.0. The molecule has 1 heterocycles. The summed E-state index contributed by atoms with van der Waals surface area (Å²) in [5.41, 5.74) is 17.4. The molecule has 0 saturated heterocycles. The summed E-state index contributed by atoms with van der Waals surface area (Å²) >= 11 is 0. The van der Waals surface area contributed by atoms with Gasteiger partial charge in [0, 0.05) is 22.1 Å². The van der Waals surface area contributed by atoms with Crippen molar-refractivity contribution in [2.24, 2.45) is 0 Å². The van der Waals surface area contributed by atoms with E-state index in [1.807, 2.05) is 18.2 Å². The second-order valence-electron chi connectivity index (χ2n) is 16.2. The molecule has 2 nitrogen and oxygen atoms in total. The predicted molar refractivity (Wildman–Crippen MR) is 247 cm³/mol. The molecule has 0 bridgehead atoms. The van der Waals surface area contributed by atoms with Crippen LogP contribution in [0, 0.1) is 0 Å². The summed E-state index contributed by atoms with van der Waals surface area (Å²) in [7, 11) is 0. The monoisotopic (exact) mass is 752 g/mol. The van der Waals surface area contributed by atoms with Crippen molar-refractivity contribution >= 4 is 21.5 Å². The number of benzene rings is 9. The molecule has 0 saturated carbocycles. The van der Waals surface area contributed by atoms with Gasteiger partial charge in [0.1, 0.15) is 0 Å². The van der Waals surface area contributed by atoms with Crippen molar-refractivity contribution in [2.45, 2.75) is 19.3 Å². The molecule has 0 N–H and O–H groups in total. The first-order valence-corrected chi connectivity index (χ1v) is 20.4. The van der Waals surface area contributed by atoms with Crippen LogP contribution in [0.25, 0.3) is 100.0 Å². The van der Waals surface area contributed by atoms with Gasteiger partial charge in [-0.3, -0.25) is 0 Å². The van der Waals surface area contributed by atoms with Gasteiger partial charge in [-0.15, -0.1) is 0 Å². The topological polar surface area (TPSA) is 25.8 Å². The third-order valence-corrected chi connectivity index (χ3v) is 12.3. The Morgan fingerprint density at radius 2 is 0.847 bits per heavy atom. The van der Waals surface area contributed by atoms with E-state index in [0.717, 1.165) is 44.6 Å². The molecule has 1 aromatic heterocycles. The Morgan fingerprint density at radius 3 is 1.61 bits per heavy atom. The first-order valence-electron chi connectivity index (χ1n) is 20.4. The lowest BCUT2D eigenvalue weighted by Crippen LogP contribution is -2.14. The van der Waals surface area contributed by atoms with Crippen molar-refractivity contribution in [3.05, 3.63) is 217 Å². The fraction of sp³-hybridized carbons (Fsp3) is 0.0526. The van der Waals surface area contributed by atoms with Crippen LogP contribution in [0.3, 0.4) is 0 Å². The Kier molecular flexibility index (Phi) is 8.20. The zero-order chi connectivity index (χ0) is 39.5. The second-order valence-corrected chi connectivity index (χ2v) is 16.2. The van der Waals surface area contributed by atoms with Crippen molar-refractivity contribution < 1.29 is 0 Å². The summed E-state index contributed by atoms with van der Waals surface area (Å²) in [6, 6.07) is 74.4. The van der Waals surface area contributed by atoms with Gasteiger partial charge in [-0.2, -0.15) is 0 Å². The molecule has 0 spiro atoms. The van der Waals surface area contributed by atoms with Crippen LogP contribution in [0.5, 0.6) is 0 Å². The number of nitrogens with zero attached hydrogens (tertiary/aromatic N) is 2. The van der Waals surface area contributed by atoms with Crippen molar-refractivity contribution in [2.75, 3.05) is 0 Å². The van der Waals surface area contributed by atoms with Gasteiger partial charge in [-0.1, -0.05) is 190 Å². The quantitative estimate of drug-likeness (QED) is 0.169. The molecular weight excluding hydrogens is 713 g/mol. The highest BCUT2D eigenvalue weighted by Gasteiger charge is 2.35. The third kappa shape index (κ3) is 5.96. The molecule has 0 radical (unpaired) electrons. The standard InChI is InChI=1S/C57H40N2/c1-57(2)52-31-28-42(34-50(52)51-33-40-20-9-10-21-41(40)35-53(51)57)39-22-15-23-43(32-39)45-29-30-49(47-26-13-12-25-46(45)47)55-36-54(58-56(59-55)38-18-7-4-8-19-38)48-27-14-11-24-44(48)37-16-5-3-6-17-37/h3-36H,1-2H3. The van der Waals surface area contributed by atoms with E-state index in [4.69, 9.17) is 9.97 Å². The molecule has 11 rings (SSSR count). The highest BCUT2D eigenvalue weighted by molar-refractivity contribution is 6.05. The average molecular weight is 753 g/mol. The summed E-state index contributed by atoms with van der Waals surface area (Å²) in [4.78, 5) is 10.5. The van der Waals surface area contributed by atoms with Crippen LogP contribution in [0.2, 0.25) is 0 Å². The first kappa shape index (κ1) is 34.8. The number of hydrogen-bond acceptors (Lipinski definition) is 2. The van der Waals surface area contributed by atoms with E-state index in [9.17, 15) is 0 Å². The van der Waals surface area contributed by atoms with Gasteiger partial charge in [0.25, 0.3) is 0 Å². The van der Waals surface area contributed by atoms with Gasteiger partial charge in [0.15, 0.2) is 5.82 Å². The molecule has 2 heteroatoms. The van der Waals surface area contributed by atoms with Crippen molar-refractivity contribution in [3.8, 4) is 78.4 Å². The van der Waals surface area contributed by atoms with Gasteiger partial charge in [0.2, 0.25) is 0 Å². The molecule has 10 aromatic rings. The molecule has 0 fully saturated rings. The van der Waals surface area contributed by atoms with E-state index in [1.165, 1.54) is 60.7 Å². The minimum atomic E-state index is -0.0622. The van der Waals surface area contributed by atoms with Crippen LogP contribution in [0.4, 0.5) is 0 Å². The van der Waals surface area contributed by atoms with Crippen LogP contribution < -0.4 is 0 Å². The van der Waals surface area contributed by atoms with E-state index in [0.29, 0.717) is 5.82 Å². The van der Waals surface area contributed by atoms with Crippen molar-refractivity contribution in [1.82, 2.24) is 9.97 Å². The van der Waals surface area contributed by atoms with Gasteiger partial charge >= 0.3 is 0 Å². The summed E-state index contributed by atoms with van der Waals surface area (Å²) in [6.07, 6.45) is 0. The van der Waals surface area contributed by atoms with Crippen molar-refractivity contribution in [3.63, 3.8) is 0 Å². The molecule has 0 unspecified atom stereocenters. The van der Waals surface area contributed by atoms with Gasteiger partial charge in [-0.25, -0.2) is 9.97 Å². The van der Waals surface area contributed by atoms with Crippen LogP contribution in [-0.2, 0) is 5.41 Å². The number of aromatic nitrogens is 2. The van der Waals surface area contributed by atoms with E-state index in [2.05, 4.69) is 202 Å². The molecule has 0 amide bonds. The fourth-order valence-electron chi connectivity index (χ4n) is 9.27. The molecule has 1 aliphatic carbocycles. The molecule has 278 valence electrons. The maximum absolute atomic E-state index is 5.27. The molecule has 59 heavy (non-hydrogen) atoms. The molecule has 9 aromatic carbocycles. The molecule has 1 aliphatic rings. The summed E-state index contributed by atoms with van der Waals surface area (Å²) in [5.74, 6) is 0.704. The van der Waals surface area contributed by atoms with E-state index < -0.39 is 0 Å². The summed E-state index contributed by atoms with van der Waals surface area (Å²) in [6.45, 7) is 4.71. The minimum Gasteiger partial charge on any atom is -0.228 e. The van der Waals surface area contributed by atoms with Crippen LogP contribution in [0.1, 0.15) is 25.0 Å². The lowest BCUT2D eigenvalue weighted by atomic mass is 9.81. The largest absolute Gasteiger partial charge is 0.228 e. The predicted octanol–water partition coefficient (Wildman–Crippen LogP) is 15.1. The van der Waals surface area contributed by atoms with Crippen molar-refractivity contribution in [1.29, 1.82) is 0 Å². The smallest absolute Gasteiger partial charge is 0.160 e. The van der Waals surface area contributed by atoms with Gasteiger partial charge < -0.3 is 0 Å². The highest BCUT2D eigenvalue weighted by atomic mass is 14.9. The Bertz CT molecular complexity index is 3230. The maximum atomic E-state index is 5.27. The Labute approximate surface area is 345 Å². The maximum Gasteiger partial charge on any atom is 0.160 e. The van der Waals surface area contributed by atoms with Crippen LogP contribution in [0.15, 0.2) is 206 Å². The number of fused-ring (bicyclic) bond motifs is 5. The Morgan fingerprint density at radius 1 is 0.305 bits per heavy atom.